The Kier molecular flexibility index (Phi) is 7.61. The molecule has 1 aliphatic carbocycles. The van der Waals surface area contributed by atoms with Gasteiger partial charge in [0.25, 0.3) is 0 Å². The lowest BCUT2D eigenvalue weighted by molar-refractivity contribution is 0.524. The summed E-state index contributed by atoms with van der Waals surface area (Å²) in [6.07, 6.45) is 9.82. The molecule has 1 aliphatic rings. The molecule has 0 amide bonds. The molecule has 0 saturated heterocycles. The summed E-state index contributed by atoms with van der Waals surface area (Å²) in [5.41, 5.74) is 0. The van der Waals surface area contributed by atoms with Crippen molar-refractivity contribution in [2.75, 3.05) is 18.1 Å². The van der Waals surface area contributed by atoms with Crippen LogP contribution in [0.1, 0.15) is 51.9 Å². The number of hydrogen-bond acceptors (Lipinski definition) is 2. The van der Waals surface area contributed by atoms with Crippen LogP contribution in [0, 0.1) is 0 Å². The number of nitrogens with one attached hydrogen (secondary N) is 1. The third kappa shape index (κ3) is 5.92. The first kappa shape index (κ1) is 12.4. The molecule has 0 spiro atoms. The van der Waals surface area contributed by atoms with E-state index >= 15 is 0 Å². The molecule has 0 heterocycles. The minimum absolute atomic E-state index is 0.857. The first-order chi connectivity index (χ1) is 6.93. The van der Waals surface area contributed by atoms with Gasteiger partial charge in [-0.05, 0) is 43.7 Å². The molecule has 2 heteroatoms. The van der Waals surface area contributed by atoms with Crippen LogP contribution in [0.25, 0.3) is 0 Å². The average molecular weight is 215 g/mol. The number of rotatable bonds is 8. The Morgan fingerprint density at radius 3 is 2.57 bits per heavy atom. The molecule has 84 valence electrons. The number of hydrogen-bond donors (Lipinski definition) is 1. The zero-order valence-corrected chi connectivity index (χ0v) is 10.4. The molecule has 1 rings (SSSR count). The van der Waals surface area contributed by atoms with Gasteiger partial charge in [0, 0.05) is 6.04 Å². The Hall–Kier alpha value is 0.310. The summed E-state index contributed by atoms with van der Waals surface area (Å²) in [5, 5.41) is 3.66. The van der Waals surface area contributed by atoms with Crippen LogP contribution in [-0.2, 0) is 0 Å². The molecule has 0 atom stereocenters. The monoisotopic (exact) mass is 215 g/mol. The fourth-order valence-electron chi connectivity index (χ4n) is 1.96. The Balaban J connectivity index is 1.75. The van der Waals surface area contributed by atoms with Crippen molar-refractivity contribution in [1.82, 2.24) is 5.32 Å². The normalized spacial score (nSPS) is 17.8. The summed E-state index contributed by atoms with van der Waals surface area (Å²) in [6, 6.07) is 0.857. The van der Waals surface area contributed by atoms with Crippen LogP contribution in [0.2, 0.25) is 0 Å². The fourth-order valence-corrected chi connectivity index (χ4v) is 3.00. The lowest BCUT2D eigenvalue weighted by Crippen LogP contribution is -2.27. The summed E-state index contributed by atoms with van der Waals surface area (Å²) in [5.74, 6) is 2.71. The maximum absolute atomic E-state index is 3.66. The fraction of sp³-hybridized carbons (Fsp3) is 1.00. The van der Waals surface area contributed by atoms with E-state index in [-0.39, 0.29) is 0 Å². The van der Waals surface area contributed by atoms with Gasteiger partial charge < -0.3 is 5.32 Å². The Bertz CT molecular complexity index is 121. The Labute approximate surface area is 93.4 Å². The van der Waals surface area contributed by atoms with Gasteiger partial charge in [-0.15, -0.1) is 0 Å². The molecular weight excluding hydrogens is 190 g/mol. The zero-order chi connectivity index (χ0) is 10.1. The highest BCUT2D eigenvalue weighted by molar-refractivity contribution is 7.99. The van der Waals surface area contributed by atoms with Crippen molar-refractivity contribution in [3.05, 3.63) is 0 Å². The molecule has 1 fully saturated rings. The molecule has 0 bridgehead atoms. The van der Waals surface area contributed by atoms with Crippen LogP contribution in [-0.4, -0.2) is 24.1 Å². The summed E-state index contributed by atoms with van der Waals surface area (Å²) >= 11 is 2.12. The van der Waals surface area contributed by atoms with Crippen LogP contribution < -0.4 is 5.32 Å². The second-order valence-electron chi connectivity index (χ2n) is 4.25. The summed E-state index contributed by atoms with van der Waals surface area (Å²) < 4.78 is 0. The molecule has 0 aromatic heterocycles. The third-order valence-corrected chi connectivity index (χ3v) is 4.05. The van der Waals surface area contributed by atoms with Gasteiger partial charge in [-0.25, -0.2) is 0 Å². The molecule has 1 saturated carbocycles. The summed E-state index contributed by atoms with van der Waals surface area (Å²) in [6.45, 7) is 3.51. The minimum atomic E-state index is 0.857. The van der Waals surface area contributed by atoms with Crippen molar-refractivity contribution in [2.24, 2.45) is 0 Å². The van der Waals surface area contributed by atoms with E-state index in [1.54, 1.807) is 0 Å². The summed E-state index contributed by atoms with van der Waals surface area (Å²) in [7, 11) is 0. The van der Waals surface area contributed by atoms with Crippen LogP contribution in [0.5, 0.6) is 0 Å². The molecule has 1 N–H and O–H groups in total. The first-order valence-electron chi connectivity index (χ1n) is 6.24. The van der Waals surface area contributed by atoms with Gasteiger partial charge in [0.2, 0.25) is 0 Å². The standard InChI is InChI=1S/C12H25NS/c1-2-3-10-14-11-6-9-13-12-7-4-5-8-12/h12-13H,2-11H2,1H3. The zero-order valence-electron chi connectivity index (χ0n) is 9.56. The lowest BCUT2D eigenvalue weighted by atomic mass is 10.2. The van der Waals surface area contributed by atoms with E-state index in [2.05, 4.69) is 24.0 Å². The van der Waals surface area contributed by atoms with E-state index in [0.29, 0.717) is 0 Å². The van der Waals surface area contributed by atoms with Crippen molar-refractivity contribution < 1.29 is 0 Å². The molecule has 0 aliphatic heterocycles. The van der Waals surface area contributed by atoms with Crippen molar-refractivity contribution in [3.8, 4) is 0 Å². The van der Waals surface area contributed by atoms with Crippen molar-refractivity contribution >= 4 is 11.8 Å². The van der Waals surface area contributed by atoms with Gasteiger partial charge in [-0.3, -0.25) is 0 Å². The first-order valence-corrected chi connectivity index (χ1v) is 7.40. The molecular formula is C12H25NS. The SMILES string of the molecule is CCCCSCCCNC1CCCC1. The molecule has 0 radical (unpaired) electrons. The van der Waals surface area contributed by atoms with E-state index in [4.69, 9.17) is 0 Å². The van der Waals surface area contributed by atoms with E-state index in [0.717, 1.165) is 6.04 Å². The Morgan fingerprint density at radius 1 is 1.14 bits per heavy atom. The highest BCUT2D eigenvalue weighted by Gasteiger charge is 2.12. The predicted molar refractivity (Wildman–Crippen MR) is 67.1 cm³/mol. The second-order valence-corrected chi connectivity index (χ2v) is 5.48. The Morgan fingerprint density at radius 2 is 1.86 bits per heavy atom. The van der Waals surface area contributed by atoms with Gasteiger partial charge >= 0.3 is 0 Å². The largest absolute Gasteiger partial charge is 0.314 e. The van der Waals surface area contributed by atoms with E-state index in [1.807, 2.05) is 0 Å². The van der Waals surface area contributed by atoms with Gasteiger partial charge in [-0.2, -0.15) is 11.8 Å². The quantitative estimate of drug-likeness (QED) is 0.623. The topological polar surface area (TPSA) is 12.0 Å². The maximum Gasteiger partial charge on any atom is 0.00670 e. The van der Waals surface area contributed by atoms with Gasteiger partial charge in [0.05, 0.1) is 0 Å². The van der Waals surface area contributed by atoms with Gasteiger partial charge in [0.15, 0.2) is 0 Å². The third-order valence-electron chi connectivity index (χ3n) is 2.90. The summed E-state index contributed by atoms with van der Waals surface area (Å²) in [4.78, 5) is 0. The van der Waals surface area contributed by atoms with E-state index < -0.39 is 0 Å². The average Bonchev–Trinajstić information content (AvgIpc) is 2.69. The molecule has 1 nitrogen and oxygen atoms in total. The van der Waals surface area contributed by atoms with Crippen LogP contribution in [0.4, 0.5) is 0 Å². The molecule has 0 unspecified atom stereocenters. The molecule has 0 aromatic rings. The molecule has 0 aromatic carbocycles. The van der Waals surface area contributed by atoms with Gasteiger partial charge in [0.1, 0.15) is 0 Å². The van der Waals surface area contributed by atoms with E-state index in [1.165, 1.54) is 63.0 Å². The van der Waals surface area contributed by atoms with Crippen molar-refractivity contribution in [3.63, 3.8) is 0 Å². The van der Waals surface area contributed by atoms with Crippen molar-refractivity contribution in [2.45, 2.75) is 57.9 Å². The van der Waals surface area contributed by atoms with Crippen LogP contribution in [0.3, 0.4) is 0 Å². The number of thioether (sulfide) groups is 1. The van der Waals surface area contributed by atoms with E-state index in [9.17, 15) is 0 Å². The van der Waals surface area contributed by atoms with Crippen LogP contribution in [0.15, 0.2) is 0 Å². The number of unbranched alkanes of at least 4 members (excludes halogenated alkanes) is 1. The predicted octanol–water partition coefficient (Wildman–Crippen LogP) is 3.44. The maximum atomic E-state index is 3.66. The highest BCUT2D eigenvalue weighted by atomic mass is 32.2. The highest BCUT2D eigenvalue weighted by Crippen LogP contribution is 2.17. The minimum Gasteiger partial charge on any atom is -0.314 e. The molecule has 14 heavy (non-hydrogen) atoms. The van der Waals surface area contributed by atoms with Crippen LogP contribution >= 0.6 is 11.8 Å². The smallest absolute Gasteiger partial charge is 0.00670 e. The van der Waals surface area contributed by atoms with Crippen molar-refractivity contribution in [1.29, 1.82) is 0 Å². The van der Waals surface area contributed by atoms with Gasteiger partial charge in [-0.1, -0.05) is 26.2 Å². The lowest BCUT2D eigenvalue weighted by Gasteiger charge is -2.10. The second kappa shape index (κ2) is 8.60.